The van der Waals surface area contributed by atoms with Gasteiger partial charge in [-0.1, -0.05) is 30.3 Å². The maximum absolute atomic E-state index is 12.6. The van der Waals surface area contributed by atoms with Crippen molar-refractivity contribution in [3.63, 3.8) is 0 Å². The number of benzene rings is 2. The van der Waals surface area contributed by atoms with E-state index in [2.05, 4.69) is 23.1 Å². The first-order valence-electron chi connectivity index (χ1n) is 7.31. The molecule has 0 aromatic heterocycles. The third-order valence-electron chi connectivity index (χ3n) is 4.01. The summed E-state index contributed by atoms with van der Waals surface area (Å²) in [4.78, 5) is 16.8. The van der Waals surface area contributed by atoms with Gasteiger partial charge in [0.25, 0.3) is 5.91 Å². The average Bonchev–Trinajstić information content (AvgIpc) is 2.56. The highest BCUT2D eigenvalue weighted by Crippen LogP contribution is 2.17. The number of carbonyl (C=O) groups is 1. The molecule has 1 amide bonds. The fourth-order valence-electron chi connectivity index (χ4n) is 2.74. The van der Waals surface area contributed by atoms with Crippen molar-refractivity contribution in [2.75, 3.05) is 31.1 Å². The SMILES string of the molecule is Cc1ccccc1C(=O)N1CCN(c2cc[c]cc2)CC1. The first-order chi connectivity index (χ1) is 10.3. The standard InChI is InChI=1S/C18H19N2O/c1-15-7-5-6-10-17(15)18(21)20-13-11-19(12-14-20)16-8-3-2-4-9-16/h3-10H,11-14H2,1H3. The van der Waals surface area contributed by atoms with Crippen molar-refractivity contribution in [1.29, 1.82) is 0 Å². The largest absolute Gasteiger partial charge is 0.368 e. The number of hydrogen-bond donors (Lipinski definition) is 0. The number of carbonyl (C=O) groups excluding carboxylic acids is 1. The number of amides is 1. The summed E-state index contributed by atoms with van der Waals surface area (Å²) in [6.45, 7) is 5.28. The molecule has 0 N–H and O–H groups in total. The van der Waals surface area contributed by atoms with Crippen LogP contribution in [0.5, 0.6) is 0 Å². The predicted octanol–water partition coefficient (Wildman–Crippen LogP) is 2.76. The highest BCUT2D eigenvalue weighted by atomic mass is 16.2. The molecule has 0 bridgehead atoms. The summed E-state index contributed by atoms with van der Waals surface area (Å²) in [5.74, 6) is 0.147. The molecule has 0 saturated carbocycles. The molecule has 1 fully saturated rings. The Hall–Kier alpha value is -2.29. The second kappa shape index (κ2) is 6.00. The van der Waals surface area contributed by atoms with Gasteiger partial charge in [-0.2, -0.15) is 0 Å². The van der Waals surface area contributed by atoms with Gasteiger partial charge in [0.05, 0.1) is 0 Å². The number of rotatable bonds is 2. The predicted molar refractivity (Wildman–Crippen MR) is 84.6 cm³/mol. The van der Waals surface area contributed by atoms with Crippen LogP contribution in [0.3, 0.4) is 0 Å². The lowest BCUT2D eigenvalue weighted by molar-refractivity contribution is 0.0746. The van der Waals surface area contributed by atoms with Gasteiger partial charge < -0.3 is 9.80 Å². The third-order valence-corrected chi connectivity index (χ3v) is 4.01. The van der Waals surface area contributed by atoms with Gasteiger partial charge in [-0.05, 0) is 36.8 Å². The van der Waals surface area contributed by atoms with Gasteiger partial charge in [0.1, 0.15) is 0 Å². The number of hydrogen-bond acceptors (Lipinski definition) is 2. The Morgan fingerprint density at radius 1 is 1.00 bits per heavy atom. The summed E-state index contributed by atoms with van der Waals surface area (Å²) >= 11 is 0. The van der Waals surface area contributed by atoms with Crippen LogP contribution in [0.15, 0.2) is 48.5 Å². The summed E-state index contributed by atoms with van der Waals surface area (Å²) in [6.07, 6.45) is 0. The van der Waals surface area contributed by atoms with E-state index < -0.39 is 0 Å². The van der Waals surface area contributed by atoms with Gasteiger partial charge in [-0.3, -0.25) is 4.79 Å². The van der Waals surface area contributed by atoms with Crippen LogP contribution in [0.2, 0.25) is 0 Å². The summed E-state index contributed by atoms with van der Waals surface area (Å²) in [5, 5.41) is 0. The first-order valence-corrected chi connectivity index (χ1v) is 7.31. The van der Waals surface area contributed by atoms with Gasteiger partial charge in [-0.15, -0.1) is 0 Å². The Morgan fingerprint density at radius 2 is 1.67 bits per heavy atom. The Labute approximate surface area is 125 Å². The van der Waals surface area contributed by atoms with Crippen LogP contribution in [0.25, 0.3) is 0 Å². The molecule has 3 heteroatoms. The second-order valence-corrected chi connectivity index (χ2v) is 5.35. The maximum atomic E-state index is 12.6. The molecule has 0 spiro atoms. The Kier molecular flexibility index (Phi) is 3.91. The zero-order valence-corrected chi connectivity index (χ0v) is 12.2. The minimum atomic E-state index is 0.147. The lowest BCUT2D eigenvalue weighted by Gasteiger charge is -2.36. The molecule has 3 rings (SSSR count). The minimum Gasteiger partial charge on any atom is -0.368 e. The van der Waals surface area contributed by atoms with Crippen LogP contribution < -0.4 is 4.90 Å². The van der Waals surface area contributed by atoms with E-state index in [9.17, 15) is 4.79 Å². The van der Waals surface area contributed by atoms with Crippen molar-refractivity contribution < 1.29 is 4.79 Å². The van der Waals surface area contributed by atoms with E-state index in [0.29, 0.717) is 0 Å². The van der Waals surface area contributed by atoms with E-state index >= 15 is 0 Å². The molecule has 107 valence electrons. The maximum Gasteiger partial charge on any atom is 0.254 e. The van der Waals surface area contributed by atoms with Crippen molar-refractivity contribution >= 4 is 11.6 Å². The fourth-order valence-corrected chi connectivity index (χ4v) is 2.74. The van der Waals surface area contributed by atoms with Crippen molar-refractivity contribution in [3.05, 3.63) is 65.7 Å². The van der Waals surface area contributed by atoms with Gasteiger partial charge in [0, 0.05) is 37.4 Å². The number of nitrogens with zero attached hydrogens (tertiary/aromatic N) is 2. The van der Waals surface area contributed by atoms with Crippen LogP contribution in [0.1, 0.15) is 15.9 Å². The molecule has 2 aromatic rings. The quantitative estimate of drug-likeness (QED) is 0.844. The molecule has 0 aliphatic carbocycles. The van der Waals surface area contributed by atoms with Gasteiger partial charge in [0.2, 0.25) is 0 Å². The highest BCUT2D eigenvalue weighted by Gasteiger charge is 2.22. The second-order valence-electron chi connectivity index (χ2n) is 5.35. The Morgan fingerprint density at radius 3 is 2.33 bits per heavy atom. The number of piperazine rings is 1. The van der Waals surface area contributed by atoms with Crippen molar-refractivity contribution in [1.82, 2.24) is 4.90 Å². The molecule has 21 heavy (non-hydrogen) atoms. The number of anilines is 1. The monoisotopic (exact) mass is 279 g/mol. The Bertz CT molecular complexity index is 616. The molecule has 1 heterocycles. The van der Waals surface area contributed by atoms with Crippen LogP contribution in [0, 0.1) is 13.0 Å². The summed E-state index contributed by atoms with van der Waals surface area (Å²) < 4.78 is 0. The lowest BCUT2D eigenvalue weighted by atomic mass is 10.1. The molecule has 1 radical (unpaired) electrons. The minimum absolute atomic E-state index is 0.147. The van der Waals surface area contributed by atoms with Crippen LogP contribution in [-0.4, -0.2) is 37.0 Å². The van der Waals surface area contributed by atoms with Gasteiger partial charge >= 0.3 is 0 Å². The van der Waals surface area contributed by atoms with Crippen LogP contribution >= 0.6 is 0 Å². The van der Waals surface area contributed by atoms with E-state index in [4.69, 9.17) is 0 Å². The fraction of sp³-hybridized carbons (Fsp3) is 0.278. The third kappa shape index (κ3) is 2.92. The Balaban J connectivity index is 1.66. The molecular formula is C18H19N2O. The molecule has 2 aromatic carbocycles. The summed E-state index contributed by atoms with van der Waals surface area (Å²) in [7, 11) is 0. The summed E-state index contributed by atoms with van der Waals surface area (Å²) in [5.41, 5.74) is 3.07. The zero-order valence-electron chi connectivity index (χ0n) is 12.2. The van der Waals surface area contributed by atoms with E-state index in [0.717, 1.165) is 37.3 Å². The van der Waals surface area contributed by atoms with Gasteiger partial charge in [-0.25, -0.2) is 0 Å². The van der Waals surface area contributed by atoms with Crippen molar-refractivity contribution in [3.8, 4) is 0 Å². The molecule has 1 aliphatic rings. The van der Waals surface area contributed by atoms with E-state index in [-0.39, 0.29) is 5.91 Å². The van der Waals surface area contributed by atoms with Crippen molar-refractivity contribution in [2.24, 2.45) is 0 Å². The normalized spacial score (nSPS) is 15.1. The summed E-state index contributed by atoms with van der Waals surface area (Å²) in [6, 6.07) is 18.8. The zero-order chi connectivity index (χ0) is 14.7. The van der Waals surface area contributed by atoms with E-state index in [1.165, 1.54) is 5.69 Å². The molecule has 1 aliphatic heterocycles. The van der Waals surface area contributed by atoms with Crippen molar-refractivity contribution in [2.45, 2.75) is 6.92 Å². The lowest BCUT2D eigenvalue weighted by Crippen LogP contribution is -2.48. The van der Waals surface area contributed by atoms with Gasteiger partial charge in [0.15, 0.2) is 0 Å². The van der Waals surface area contributed by atoms with Crippen LogP contribution in [-0.2, 0) is 0 Å². The molecule has 0 unspecified atom stereocenters. The van der Waals surface area contributed by atoms with E-state index in [1.807, 2.05) is 48.2 Å². The first kappa shape index (κ1) is 13.7. The average molecular weight is 279 g/mol. The molecule has 0 atom stereocenters. The van der Waals surface area contributed by atoms with Crippen LogP contribution in [0.4, 0.5) is 5.69 Å². The topological polar surface area (TPSA) is 23.6 Å². The molecular weight excluding hydrogens is 260 g/mol. The molecule has 1 saturated heterocycles. The smallest absolute Gasteiger partial charge is 0.254 e. The molecule has 3 nitrogen and oxygen atoms in total. The number of aryl methyl sites for hydroxylation is 1. The van der Waals surface area contributed by atoms with E-state index in [1.54, 1.807) is 0 Å². The highest BCUT2D eigenvalue weighted by molar-refractivity contribution is 5.95.